The Morgan fingerprint density at radius 1 is 0.850 bits per heavy atom. The van der Waals surface area contributed by atoms with Gasteiger partial charge in [0.2, 0.25) is 0 Å². The fourth-order valence-corrected chi connectivity index (χ4v) is 4.10. The van der Waals surface area contributed by atoms with Crippen molar-refractivity contribution in [3.8, 4) is 5.75 Å². The first-order valence-corrected chi connectivity index (χ1v) is 7.51. The first-order chi connectivity index (χ1) is 9.78. The lowest BCUT2D eigenvalue weighted by molar-refractivity contribution is 0.261. The number of ether oxygens (including phenoxy) is 1. The van der Waals surface area contributed by atoms with Gasteiger partial charge in [-0.2, -0.15) is 0 Å². The smallest absolute Gasteiger partial charge is 0.119 e. The molecule has 0 heterocycles. The summed E-state index contributed by atoms with van der Waals surface area (Å²) in [5.41, 5.74) is 6.62. The van der Waals surface area contributed by atoms with E-state index < -0.39 is 0 Å². The van der Waals surface area contributed by atoms with Gasteiger partial charge in [0, 0.05) is 0 Å². The van der Waals surface area contributed by atoms with Crippen LogP contribution < -0.4 is 4.74 Å². The second-order valence-corrected chi connectivity index (χ2v) is 6.43. The third-order valence-electron chi connectivity index (χ3n) is 5.15. The number of fused-ring (bicyclic) bond motifs is 2. The molecule has 0 radical (unpaired) electrons. The second kappa shape index (κ2) is 4.37. The molecule has 0 saturated carbocycles. The summed E-state index contributed by atoms with van der Waals surface area (Å²) in [7, 11) is 1.76. The predicted octanol–water partition coefficient (Wildman–Crippen LogP) is 3.97. The highest BCUT2D eigenvalue weighted by molar-refractivity contribution is 5.42. The number of benzene rings is 2. The zero-order chi connectivity index (χ0) is 13.6. The van der Waals surface area contributed by atoms with Gasteiger partial charge in [0.05, 0.1) is 7.11 Å². The molecule has 0 atom stereocenters. The minimum Gasteiger partial charge on any atom is -0.497 e. The van der Waals surface area contributed by atoms with Crippen molar-refractivity contribution in [2.24, 2.45) is 5.41 Å². The molecule has 20 heavy (non-hydrogen) atoms. The molecule has 1 spiro atoms. The number of aryl methyl sites for hydroxylation is 1. The van der Waals surface area contributed by atoms with Crippen molar-refractivity contribution >= 4 is 0 Å². The van der Waals surface area contributed by atoms with Crippen LogP contribution in [-0.2, 0) is 25.7 Å². The van der Waals surface area contributed by atoms with Gasteiger partial charge < -0.3 is 4.74 Å². The van der Waals surface area contributed by atoms with Crippen LogP contribution in [0.15, 0.2) is 42.5 Å². The first kappa shape index (κ1) is 12.0. The van der Waals surface area contributed by atoms with Crippen LogP contribution in [0.3, 0.4) is 0 Å². The average molecular weight is 264 g/mol. The summed E-state index contributed by atoms with van der Waals surface area (Å²) < 4.78 is 5.39. The predicted molar refractivity (Wildman–Crippen MR) is 81.3 cm³/mol. The molecule has 2 aliphatic carbocycles. The SMILES string of the molecule is COc1ccc2c(c1)CC1(CC2)Cc2ccccc2C1. The van der Waals surface area contributed by atoms with Gasteiger partial charge in [-0.05, 0) is 71.9 Å². The van der Waals surface area contributed by atoms with Crippen molar-refractivity contribution in [1.29, 1.82) is 0 Å². The van der Waals surface area contributed by atoms with Crippen LogP contribution in [0.5, 0.6) is 5.75 Å². The van der Waals surface area contributed by atoms with Gasteiger partial charge in [-0.3, -0.25) is 0 Å². The Labute approximate surface area is 120 Å². The highest BCUT2D eigenvalue weighted by Crippen LogP contribution is 2.46. The molecule has 0 aliphatic heterocycles. The van der Waals surface area contributed by atoms with Crippen LogP contribution in [0.2, 0.25) is 0 Å². The molecule has 0 aromatic heterocycles. The highest BCUT2D eigenvalue weighted by atomic mass is 16.5. The molecule has 2 aromatic rings. The summed E-state index contributed by atoms with van der Waals surface area (Å²) >= 11 is 0. The minimum absolute atomic E-state index is 0.461. The molecule has 2 aliphatic rings. The normalized spacial score (nSPS) is 18.6. The topological polar surface area (TPSA) is 9.23 Å². The van der Waals surface area contributed by atoms with E-state index in [2.05, 4.69) is 42.5 Å². The van der Waals surface area contributed by atoms with Gasteiger partial charge >= 0.3 is 0 Å². The number of hydrogen-bond donors (Lipinski definition) is 0. The third-order valence-corrected chi connectivity index (χ3v) is 5.15. The Hall–Kier alpha value is -1.76. The van der Waals surface area contributed by atoms with Gasteiger partial charge in [-0.25, -0.2) is 0 Å². The molecule has 4 rings (SSSR count). The van der Waals surface area contributed by atoms with Crippen molar-refractivity contribution in [3.05, 3.63) is 64.7 Å². The third kappa shape index (κ3) is 1.84. The van der Waals surface area contributed by atoms with Gasteiger partial charge in [-0.1, -0.05) is 30.3 Å². The fourth-order valence-electron chi connectivity index (χ4n) is 4.10. The monoisotopic (exact) mass is 264 g/mol. The summed E-state index contributed by atoms with van der Waals surface area (Å²) in [6.07, 6.45) is 6.24. The quantitative estimate of drug-likeness (QED) is 0.757. The maximum Gasteiger partial charge on any atom is 0.119 e. The van der Waals surface area contributed by atoms with Gasteiger partial charge in [0.15, 0.2) is 0 Å². The largest absolute Gasteiger partial charge is 0.497 e. The van der Waals surface area contributed by atoms with Crippen LogP contribution in [-0.4, -0.2) is 7.11 Å². The Morgan fingerprint density at radius 2 is 1.55 bits per heavy atom. The number of hydrogen-bond acceptors (Lipinski definition) is 1. The Morgan fingerprint density at radius 3 is 2.25 bits per heavy atom. The molecule has 0 saturated heterocycles. The van der Waals surface area contributed by atoms with E-state index in [1.807, 2.05) is 0 Å². The van der Waals surface area contributed by atoms with E-state index in [9.17, 15) is 0 Å². The Kier molecular flexibility index (Phi) is 2.63. The standard InChI is InChI=1S/C19H20O/c1-20-18-7-6-14-8-9-19(13-17(14)10-18)11-15-4-2-3-5-16(15)12-19/h2-7,10H,8-9,11-13H2,1H3. The Balaban J connectivity index is 1.67. The molecule has 0 unspecified atom stereocenters. The maximum atomic E-state index is 5.39. The number of rotatable bonds is 1. The summed E-state index contributed by atoms with van der Waals surface area (Å²) in [5, 5.41) is 0. The summed E-state index contributed by atoms with van der Waals surface area (Å²) in [4.78, 5) is 0. The van der Waals surface area contributed by atoms with Crippen molar-refractivity contribution < 1.29 is 4.74 Å². The van der Waals surface area contributed by atoms with Gasteiger partial charge in [0.25, 0.3) is 0 Å². The molecule has 0 amide bonds. The van der Waals surface area contributed by atoms with E-state index in [0.29, 0.717) is 5.41 Å². The summed E-state index contributed by atoms with van der Waals surface area (Å²) in [5.74, 6) is 0.997. The van der Waals surface area contributed by atoms with Gasteiger partial charge in [0.1, 0.15) is 5.75 Å². The van der Waals surface area contributed by atoms with Crippen LogP contribution in [0.25, 0.3) is 0 Å². The van der Waals surface area contributed by atoms with Crippen molar-refractivity contribution in [2.45, 2.75) is 32.1 Å². The lowest BCUT2D eigenvalue weighted by Crippen LogP contribution is -2.29. The van der Waals surface area contributed by atoms with E-state index in [4.69, 9.17) is 4.74 Å². The van der Waals surface area contributed by atoms with Gasteiger partial charge in [-0.15, -0.1) is 0 Å². The second-order valence-electron chi connectivity index (χ2n) is 6.43. The molecular weight excluding hydrogens is 244 g/mol. The molecule has 102 valence electrons. The minimum atomic E-state index is 0.461. The van der Waals surface area contributed by atoms with Crippen LogP contribution in [0, 0.1) is 5.41 Å². The van der Waals surface area contributed by atoms with Crippen LogP contribution in [0.4, 0.5) is 0 Å². The molecule has 2 aromatic carbocycles. The molecule has 0 bridgehead atoms. The lowest BCUT2D eigenvalue weighted by Gasteiger charge is -2.35. The van der Waals surface area contributed by atoms with E-state index in [0.717, 1.165) is 5.75 Å². The average Bonchev–Trinajstić information content (AvgIpc) is 2.83. The van der Waals surface area contributed by atoms with E-state index in [-0.39, 0.29) is 0 Å². The number of methoxy groups -OCH3 is 1. The summed E-state index contributed by atoms with van der Waals surface area (Å²) in [6, 6.07) is 15.6. The lowest BCUT2D eigenvalue weighted by atomic mass is 9.70. The molecule has 0 N–H and O–H groups in total. The molecule has 1 heteroatoms. The Bertz CT molecular complexity index is 632. The molecule has 0 fully saturated rings. The van der Waals surface area contributed by atoms with Crippen molar-refractivity contribution in [1.82, 2.24) is 0 Å². The van der Waals surface area contributed by atoms with Crippen molar-refractivity contribution in [3.63, 3.8) is 0 Å². The van der Waals surface area contributed by atoms with E-state index in [1.165, 1.54) is 43.2 Å². The van der Waals surface area contributed by atoms with E-state index >= 15 is 0 Å². The zero-order valence-corrected chi connectivity index (χ0v) is 12.0. The van der Waals surface area contributed by atoms with Crippen LogP contribution >= 0.6 is 0 Å². The maximum absolute atomic E-state index is 5.39. The molecule has 1 nitrogen and oxygen atoms in total. The van der Waals surface area contributed by atoms with Crippen molar-refractivity contribution in [2.75, 3.05) is 7.11 Å². The molecular formula is C19H20O. The van der Waals surface area contributed by atoms with E-state index in [1.54, 1.807) is 18.2 Å². The van der Waals surface area contributed by atoms with Crippen LogP contribution in [0.1, 0.15) is 28.7 Å². The zero-order valence-electron chi connectivity index (χ0n) is 12.0. The first-order valence-electron chi connectivity index (χ1n) is 7.51. The fraction of sp³-hybridized carbons (Fsp3) is 0.368. The summed E-state index contributed by atoms with van der Waals surface area (Å²) in [6.45, 7) is 0. The highest BCUT2D eigenvalue weighted by Gasteiger charge is 2.39.